The van der Waals surface area contributed by atoms with Gasteiger partial charge in [0.1, 0.15) is 0 Å². The van der Waals surface area contributed by atoms with Crippen LogP contribution in [-0.4, -0.2) is 74.1 Å². The van der Waals surface area contributed by atoms with E-state index in [9.17, 15) is 0 Å². The predicted octanol–water partition coefficient (Wildman–Crippen LogP) is -5.50. The van der Waals surface area contributed by atoms with Crippen LogP contribution in [0.2, 0.25) is 0 Å². The standard InChI is InChI=1S/BH3O4.Na.4H2O.H/c2-1(3)5-4;;;;;;/h2-4H;;4*1H2;. The molecule has 0 saturated heterocycles. The molecule has 0 radical (unpaired) electrons. The van der Waals surface area contributed by atoms with E-state index >= 15 is 0 Å². The summed E-state index contributed by atoms with van der Waals surface area (Å²) in [5.74, 6) is 0. The monoisotopic (exact) mass is 174 g/mol. The van der Waals surface area contributed by atoms with Crippen LogP contribution in [0.5, 0.6) is 0 Å². The van der Waals surface area contributed by atoms with Gasteiger partial charge in [-0.15, -0.1) is 0 Å². The Morgan fingerprint density at radius 2 is 1.00 bits per heavy atom. The summed E-state index contributed by atoms with van der Waals surface area (Å²) in [6.07, 6.45) is 0. The van der Waals surface area contributed by atoms with Crippen molar-refractivity contribution in [2.24, 2.45) is 0 Å². The van der Waals surface area contributed by atoms with Crippen molar-refractivity contribution in [1.82, 2.24) is 0 Å². The number of hydrogen-bond acceptors (Lipinski definition) is 4. The van der Waals surface area contributed by atoms with Crippen LogP contribution in [0.1, 0.15) is 0 Å². The molecule has 0 bridgehead atoms. The molecule has 0 aromatic heterocycles. The van der Waals surface area contributed by atoms with Crippen molar-refractivity contribution >= 4 is 36.9 Å². The third kappa shape index (κ3) is 69.6. The molecule has 0 rings (SSSR count). The molecule has 0 aromatic rings. The Kier molecular flexibility index (Phi) is 150. The van der Waals surface area contributed by atoms with E-state index in [1.807, 2.05) is 0 Å². The van der Waals surface area contributed by atoms with Crippen LogP contribution in [0.4, 0.5) is 0 Å². The third-order valence-electron chi connectivity index (χ3n) is 0.0943. The van der Waals surface area contributed by atoms with E-state index < -0.39 is 7.32 Å². The van der Waals surface area contributed by atoms with Crippen LogP contribution in [0, 0.1) is 0 Å². The van der Waals surface area contributed by atoms with Crippen LogP contribution >= 0.6 is 0 Å². The minimum absolute atomic E-state index is 0. The molecule has 0 spiro atoms. The molecule has 0 aromatic carbocycles. The predicted molar refractivity (Wildman–Crippen MR) is 35.5 cm³/mol. The van der Waals surface area contributed by atoms with Gasteiger partial charge in [-0.3, -0.25) is 5.26 Å². The normalized spacial score (nSPS) is 3.90. The van der Waals surface area contributed by atoms with Crippen LogP contribution in [-0.2, 0) is 4.81 Å². The molecule has 0 atom stereocenters. The molecule has 8 nitrogen and oxygen atoms in total. The first kappa shape index (κ1) is 45.3. The zero-order chi connectivity index (χ0) is 4.28. The van der Waals surface area contributed by atoms with E-state index in [0.717, 1.165) is 0 Å². The van der Waals surface area contributed by atoms with Gasteiger partial charge in [-0.25, -0.2) is 4.81 Å². The maximum absolute atomic E-state index is 7.44. The van der Waals surface area contributed by atoms with Gasteiger partial charge in [0.05, 0.1) is 0 Å². The first-order valence-corrected chi connectivity index (χ1v) is 0.935. The number of hydrogen-bond donors (Lipinski definition) is 3. The SMILES string of the molecule is O.O.O.O.OOB(O)O.[NaH]. The molecule has 0 fully saturated rings. The van der Waals surface area contributed by atoms with Gasteiger partial charge < -0.3 is 32.0 Å². The zero-order valence-electron chi connectivity index (χ0n) is 4.33. The molecule has 0 amide bonds. The van der Waals surface area contributed by atoms with E-state index in [1.165, 1.54) is 0 Å². The summed E-state index contributed by atoms with van der Waals surface area (Å²) < 4.78 is 0. The molecule has 0 aliphatic heterocycles. The van der Waals surface area contributed by atoms with Gasteiger partial charge in [0.15, 0.2) is 0 Å². The van der Waals surface area contributed by atoms with E-state index in [-0.39, 0.29) is 51.5 Å². The van der Waals surface area contributed by atoms with Gasteiger partial charge in [-0.2, -0.15) is 0 Å². The van der Waals surface area contributed by atoms with E-state index in [1.54, 1.807) is 0 Å². The Morgan fingerprint density at radius 1 is 0.900 bits per heavy atom. The topological polar surface area (TPSA) is 196 Å². The summed E-state index contributed by atoms with van der Waals surface area (Å²) in [6, 6.07) is 0. The summed E-state index contributed by atoms with van der Waals surface area (Å²) in [5.41, 5.74) is 0. The fraction of sp³-hybridized carbons (Fsp3) is 0. The van der Waals surface area contributed by atoms with Crippen molar-refractivity contribution in [3.63, 3.8) is 0 Å². The summed E-state index contributed by atoms with van der Waals surface area (Å²) >= 11 is 0. The van der Waals surface area contributed by atoms with Gasteiger partial charge in [0, 0.05) is 0 Å². The second kappa shape index (κ2) is 33.1. The Balaban J connectivity index is -0.00000000800. The van der Waals surface area contributed by atoms with Crippen molar-refractivity contribution in [2.45, 2.75) is 0 Å². The molecule has 10 heavy (non-hydrogen) atoms. The van der Waals surface area contributed by atoms with Gasteiger partial charge in [-0.05, 0) is 0 Å². The molecular formula is H12BNaO8. The first-order chi connectivity index (χ1) is 2.27. The summed E-state index contributed by atoms with van der Waals surface area (Å²) in [4.78, 5) is 2.86. The van der Waals surface area contributed by atoms with Crippen LogP contribution in [0.25, 0.3) is 0 Å². The van der Waals surface area contributed by atoms with E-state index in [4.69, 9.17) is 15.3 Å². The summed E-state index contributed by atoms with van der Waals surface area (Å²) in [6.45, 7) is 0. The molecular weight excluding hydrogens is 162 g/mol. The number of rotatable bonds is 1. The average molecular weight is 174 g/mol. The molecule has 64 valence electrons. The zero-order valence-corrected chi connectivity index (χ0v) is 4.33. The van der Waals surface area contributed by atoms with E-state index in [0.29, 0.717) is 0 Å². The Bertz CT molecular complexity index is 23.2. The van der Waals surface area contributed by atoms with Crippen molar-refractivity contribution in [1.29, 1.82) is 0 Å². The second-order valence-electron chi connectivity index (χ2n) is 0.432. The van der Waals surface area contributed by atoms with Gasteiger partial charge in [0.2, 0.25) is 0 Å². The quantitative estimate of drug-likeness (QED) is 0.202. The molecule has 10 heteroatoms. The Hall–Kier alpha value is 0.745. The van der Waals surface area contributed by atoms with Crippen molar-refractivity contribution in [2.75, 3.05) is 0 Å². The van der Waals surface area contributed by atoms with Gasteiger partial charge >= 0.3 is 36.9 Å². The van der Waals surface area contributed by atoms with Gasteiger partial charge in [0.25, 0.3) is 0 Å². The third-order valence-corrected chi connectivity index (χ3v) is 0.0943. The van der Waals surface area contributed by atoms with Crippen molar-refractivity contribution in [3.05, 3.63) is 0 Å². The molecule has 0 unspecified atom stereocenters. The summed E-state index contributed by atoms with van der Waals surface area (Å²) in [5, 5.41) is 22.0. The fourth-order valence-electron chi connectivity index (χ4n) is 0. The molecule has 0 aliphatic rings. The maximum atomic E-state index is 7.44. The summed E-state index contributed by atoms with van der Waals surface area (Å²) in [7, 11) is -2.06. The van der Waals surface area contributed by atoms with Crippen molar-refractivity contribution in [3.8, 4) is 0 Å². The van der Waals surface area contributed by atoms with Crippen molar-refractivity contribution < 1.29 is 42.0 Å². The Morgan fingerprint density at radius 3 is 1.00 bits per heavy atom. The minimum atomic E-state index is -2.06. The van der Waals surface area contributed by atoms with Crippen LogP contribution < -0.4 is 0 Å². The Labute approximate surface area is 79.1 Å². The molecule has 0 saturated carbocycles. The molecule has 0 heterocycles. The van der Waals surface area contributed by atoms with E-state index in [2.05, 4.69) is 4.81 Å². The molecule has 11 N–H and O–H groups in total. The van der Waals surface area contributed by atoms with Gasteiger partial charge in [-0.1, -0.05) is 0 Å². The fourth-order valence-corrected chi connectivity index (χ4v) is 0. The van der Waals surface area contributed by atoms with Crippen LogP contribution in [0.15, 0.2) is 0 Å². The first-order valence-electron chi connectivity index (χ1n) is 0.935. The second-order valence-corrected chi connectivity index (χ2v) is 0.432. The molecule has 0 aliphatic carbocycles. The average Bonchev–Trinajstić information content (AvgIpc) is 1.38. The van der Waals surface area contributed by atoms with Crippen LogP contribution in [0.3, 0.4) is 0 Å².